The summed E-state index contributed by atoms with van der Waals surface area (Å²) in [6.45, 7) is 7.49. The number of rotatable bonds is 11. The molecule has 0 amide bonds. The van der Waals surface area contributed by atoms with E-state index < -0.39 is 17.8 Å². The average molecular weight is 565 g/mol. The maximum absolute atomic E-state index is 14.2. The number of benzene rings is 2. The van der Waals surface area contributed by atoms with E-state index in [-0.39, 0.29) is 5.95 Å². The van der Waals surface area contributed by atoms with Gasteiger partial charge in [-0.25, -0.2) is 13.8 Å². The summed E-state index contributed by atoms with van der Waals surface area (Å²) in [7, 11) is 4.17. The summed E-state index contributed by atoms with van der Waals surface area (Å²) < 4.78 is 35.2. The van der Waals surface area contributed by atoms with Gasteiger partial charge in [0.1, 0.15) is 0 Å². The van der Waals surface area contributed by atoms with Crippen LogP contribution in [-0.4, -0.2) is 81.9 Å². The number of imidazole rings is 1. The minimum absolute atomic E-state index is 0.105. The summed E-state index contributed by atoms with van der Waals surface area (Å²) in [6, 6.07) is 15.5. The summed E-state index contributed by atoms with van der Waals surface area (Å²) in [4.78, 5) is 22.5. The first-order valence-electron chi connectivity index (χ1n) is 14.0. The normalized spacial score (nSPS) is 14.4. The molecule has 4 aromatic rings. The van der Waals surface area contributed by atoms with E-state index >= 15 is 0 Å². The molecule has 0 unspecified atom stereocenters. The molecule has 3 heterocycles. The second-order valence-corrected chi connectivity index (χ2v) is 11.3. The van der Waals surface area contributed by atoms with Crippen molar-refractivity contribution in [3.8, 4) is 5.95 Å². The number of morpholine rings is 1. The van der Waals surface area contributed by atoms with Gasteiger partial charge in [-0.2, -0.15) is 15.0 Å². The number of hydrogen-bond acceptors (Lipinski definition) is 8. The van der Waals surface area contributed by atoms with Gasteiger partial charge in [-0.05, 0) is 77.0 Å². The highest BCUT2D eigenvalue weighted by Crippen LogP contribution is 2.29. The molecule has 2 aromatic carbocycles. The minimum atomic E-state index is -2.80. The summed E-state index contributed by atoms with van der Waals surface area (Å²) in [5, 5.41) is 3.50. The second kappa shape index (κ2) is 12.4. The Balaban J connectivity index is 1.50. The summed E-state index contributed by atoms with van der Waals surface area (Å²) in [5.74, 6) is 0.443. The molecule has 2 aromatic heterocycles. The van der Waals surface area contributed by atoms with Crippen LogP contribution in [0.5, 0.6) is 0 Å². The number of nitrogens with zero attached hydrogens (tertiary/aromatic N) is 7. The number of anilines is 2. The number of hydrogen-bond donors (Lipinski definition) is 1. The van der Waals surface area contributed by atoms with E-state index in [2.05, 4.69) is 77.4 Å². The van der Waals surface area contributed by atoms with Gasteiger partial charge in [-0.1, -0.05) is 36.4 Å². The van der Waals surface area contributed by atoms with Gasteiger partial charge in [-0.3, -0.25) is 4.57 Å². The van der Waals surface area contributed by atoms with Crippen LogP contribution in [-0.2, 0) is 17.6 Å². The third kappa shape index (κ3) is 6.97. The Morgan fingerprint density at radius 3 is 2.34 bits per heavy atom. The fourth-order valence-electron chi connectivity index (χ4n) is 5.20. The Kier molecular flexibility index (Phi) is 8.74. The Hall–Kier alpha value is -3.70. The molecule has 9 nitrogen and oxygen atoms in total. The lowest BCUT2D eigenvalue weighted by molar-refractivity contribution is 0.122. The van der Waals surface area contributed by atoms with Crippen molar-refractivity contribution in [3.63, 3.8) is 0 Å². The van der Waals surface area contributed by atoms with Crippen molar-refractivity contribution in [2.24, 2.45) is 0 Å². The second-order valence-electron chi connectivity index (χ2n) is 11.3. The van der Waals surface area contributed by atoms with E-state index in [0.717, 1.165) is 25.8 Å². The number of para-hydroxylation sites is 2. The molecule has 1 aliphatic rings. The lowest BCUT2D eigenvalue weighted by Gasteiger charge is -2.30. The number of halogens is 2. The monoisotopic (exact) mass is 564 g/mol. The number of aryl methyl sites for hydroxylation is 1. The van der Waals surface area contributed by atoms with Crippen molar-refractivity contribution in [1.82, 2.24) is 29.4 Å². The van der Waals surface area contributed by atoms with Gasteiger partial charge in [0.25, 0.3) is 6.43 Å². The molecule has 11 heteroatoms. The lowest BCUT2D eigenvalue weighted by Crippen LogP contribution is -2.39. The van der Waals surface area contributed by atoms with E-state index in [4.69, 9.17) is 9.72 Å². The van der Waals surface area contributed by atoms with Crippen molar-refractivity contribution >= 4 is 22.9 Å². The van der Waals surface area contributed by atoms with Crippen molar-refractivity contribution in [2.75, 3.05) is 57.2 Å². The van der Waals surface area contributed by atoms with E-state index in [1.807, 2.05) is 4.90 Å². The lowest BCUT2D eigenvalue weighted by atomic mass is 9.90. The highest BCUT2D eigenvalue weighted by Gasteiger charge is 2.27. The van der Waals surface area contributed by atoms with Crippen LogP contribution in [0.2, 0.25) is 0 Å². The molecule has 0 spiro atoms. The van der Waals surface area contributed by atoms with Crippen LogP contribution in [0.15, 0.2) is 48.5 Å². The smallest absolute Gasteiger partial charge is 0.296 e. The summed E-state index contributed by atoms with van der Waals surface area (Å²) in [5.41, 5.74) is 3.10. The number of alkyl halides is 2. The first kappa shape index (κ1) is 28.8. The molecule has 1 saturated heterocycles. The molecule has 1 N–H and O–H groups in total. The van der Waals surface area contributed by atoms with E-state index in [1.165, 1.54) is 15.7 Å². The quantitative estimate of drug-likeness (QED) is 0.275. The highest BCUT2D eigenvalue weighted by atomic mass is 19.3. The number of ether oxygens (including phenoxy) is 1. The fraction of sp³-hybridized carbons (Fsp3) is 0.467. The standard InChI is InChI=1S/C30H38F2N8O/c1-30(2,20-22-11-6-5-10-21(22)12-9-15-38(3)4)37-27-34-28(39-16-18-41-19-17-39)36-29(35-27)40-24-14-8-7-13-23(24)33-26(40)25(31)32/h5-8,10-11,13-14,25H,9,12,15-20H2,1-4H3,(H,34,35,36,37). The van der Waals surface area contributed by atoms with Gasteiger partial charge in [0.05, 0.1) is 24.2 Å². The topological polar surface area (TPSA) is 84.2 Å². The van der Waals surface area contributed by atoms with E-state index in [0.29, 0.717) is 49.2 Å². The average Bonchev–Trinajstić information content (AvgIpc) is 3.34. The predicted octanol–water partition coefficient (Wildman–Crippen LogP) is 4.91. The van der Waals surface area contributed by atoms with Gasteiger partial charge in [0.15, 0.2) is 5.82 Å². The van der Waals surface area contributed by atoms with Crippen molar-refractivity contribution in [3.05, 3.63) is 65.5 Å². The third-order valence-electron chi connectivity index (χ3n) is 7.14. The van der Waals surface area contributed by atoms with Crippen LogP contribution in [0.4, 0.5) is 20.7 Å². The Bertz CT molecular complexity index is 1470. The SMILES string of the molecule is CN(C)CCCc1ccccc1CC(C)(C)Nc1nc(N2CCOCC2)nc(-n2c(C(F)F)nc3ccccc32)n1. The highest BCUT2D eigenvalue weighted by molar-refractivity contribution is 5.77. The van der Waals surface area contributed by atoms with Gasteiger partial charge in [0.2, 0.25) is 17.8 Å². The maximum atomic E-state index is 14.2. The Morgan fingerprint density at radius 1 is 0.927 bits per heavy atom. The van der Waals surface area contributed by atoms with Crippen molar-refractivity contribution in [1.29, 1.82) is 0 Å². The van der Waals surface area contributed by atoms with Gasteiger partial charge >= 0.3 is 0 Å². The molecule has 0 bridgehead atoms. The van der Waals surface area contributed by atoms with Crippen LogP contribution in [0.3, 0.4) is 0 Å². The van der Waals surface area contributed by atoms with Crippen LogP contribution < -0.4 is 10.2 Å². The maximum Gasteiger partial charge on any atom is 0.296 e. The predicted molar refractivity (Wildman–Crippen MR) is 157 cm³/mol. The van der Waals surface area contributed by atoms with Crippen molar-refractivity contribution < 1.29 is 13.5 Å². The van der Waals surface area contributed by atoms with Gasteiger partial charge in [-0.15, -0.1) is 0 Å². The molecule has 0 aliphatic carbocycles. The number of aromatic nitrogens is 5. The van der Waals surface area contributed by atoms with Gasteiger partial charge < -0.3 is 19.9 Å². The van der Waals surface area contributed by atoms with Crippen molar-refractivity contribution in [2.45, 2.75) is 45.1 Å². The van der Waals surface area contributed by atoms with Crippen LogP contribution >= 0.6 is 0 Å². The Morgan fingerprint density at radius 2 is 1.61 bits per heavy atom. The van der Waals surface area contributed by atoms with E-state index in [1.54, 1.807) is 24.3 Å². The molecule has 0 radical (unpaired) electrons. The third-order valence-corrected chi connectivity index (χ3v) is 7.14. The molecule has 0 atom stereocenters. The zero-order valence-electron chi connectivity index (χ0n) is 24.1. The zero-order valence-corrected chi connectivity index (χ0v) is 24.1. The Labute approximate surface area is 239 Å². The molecule has 1 fully saturated rings. The zero-order chi connectivity index (χ0) is 29.0. The van der Waals surface area contributed by atoms with Crippen LogP contribution in [0, 0.1) is 0 Å². The number of nitrogens with one attached hydrogen (secondary N) is 1. The molecule has 1 aliphatic heterocycles. The van der Waals surface area contributed by atoms with E-state index in [9.17, 15) is 8.78 Å². The largest absolute Gasteiger partial charge is 0.378 e. The van der Waals surface area contributed by atoms with Gasteiger partial charge in [0, 0.05) is 18.6 Å². The number of fused-ring (bicyclic) bond motifs is 1. The minimum Gasteiger partial charge on any atom is -0.378 e. The molecular weight excluding hydrogens is 526 g/mol. The fourth-order valence-corrected chi connectivity index (χ4v) is 5.20. The van der Waals surface area contributed by atoms with Crippen LogP contribution in [0.25, 0.3) is 17.0 Å². The first-order valence-corrected chi connectivity index (χ1v) is 14.0. The summed E-state index contributed by atoms with van der Waals surface area (Å²) >= 11 is 0. The summed E-state index contributed by atoms with van der Waals surface area (Å²) in [6.07, 6.45) is -0.00739. The molecular formula is C30H38F2N8O. The molecule has 5 rings (SSSR count). The molecule has 0 saturated carbocycles. The molecule has 41 heavy (non-hydrogen) atoms. The first-order chi connectivity index (χ1) is 19.7. The molecule has 218 valence electrons. The van der Waals surface area contributed by atoms with Crippen LogP contribution in [0.1, 0.15) is 43.6 Å².